The van der Waals surface area contributed by atoms with E-state index in [9.17, 15) is 0 Å². The smallest absolute Gasteiger partial charge is 0.227 e. The molecule has 2 rings (SSSR count). The molecule has 20 heavy (non-hydrogen) atoms. The molecule has 0 fully saturated rings. The summed E-state index contributed by atoms with van der Waals surface area (Å²) >= 11 is 0. The van der Waals surface area contributed by atoms with Gasteiger partial charge in [-0.15, -0.1) is 0 Å². The van der Waals surface area contributed by atoms with Crippen LogP contribution in [0.3, 0.4) is 0 Å². The Morgan fingerprint density at radius 1 is 1.05 bits per heavy atom. The molecule has 0 bridgehead atoms. The molecule has 0 saturated heterocycles. The highest BCUT2D eigenvalue weighted by Crippen LogP contribution is 2.40. The Bertz CT molecular complexity index is 580. The van der Waals surface area contributed by atoms with Crippen LogP contribution in [0.15, 0.2) is 24.5 Å². The van der Waals surface area contributed by atoms with Crippen LogP contribution in [0.1, 0.15) is 5.56 Å². The molecule has 0 spiro atoms. The third-order valence-electron chi connectivity index (χ3n) is 2.86. The minimum atomic E-state index is 0.451. The van der Waals surface area contributed by atoms with Gasteiger partial charge in [-0.2, -0.15) is 0 Å². The second-order valence-electron chi connectivity index (χ2n) is 4.00. The second kappa shape index (κ2) is 6.10. The van der Waals surface area contributed by atoms with E-state index < -0.39 is 0 Å². The van der Waals surface area contributed by atoms with Crippen LogP contribution in [0, 0.1) is 6.92 Å². The van der Waals surface area contributed by atoms with E-state index in [0.717, 1.165) is 5.56 Å². The van der Waals surface area contributed by atoms with Gasteiger partial charge in [0.25, 0.3) is 0 Å². The van der Waals surface area contributed by atoms with Crippen molar-refractivity contribution in [2.45, 2.75) is 6.92 Å². The first-order valence-electron chi connectivity index (χ1n) is 6.09. The molecule has 0 atom stereocenters. The van der Waals surface area contributed by atoms with E-state index in [1.807, 2.05) is 13.0 Å². The van der Waals surface area contributed by atoms with Gasteiger partial charge >= 0.3 is 0 Å². The van der Waals surface area contributed by atoms with Gasteiger partial charge in [0, 0.05) is 7.05 Å². The Morgan fingerprint density at radius 2 is 1.70 bits per heavy atom. The van der Waals surface area contributed by atoms with Crippen LogP contribution in [0.4, 0.5) is 5.82 Å². The third kappa shape index (κ3) is 2.59. The summed E-state index contributed by atoms with van der Waals surface area (Å²) in [6.07, 6.45) is 1.44. The minimum Gasteiger partial charge on any atom is -0.493 e. The summed E-state index contributed by atoms with van der Waals surface area (Å²) in [5.74, 6) is 2.80. The van der Waals surface area contributed by atoms with Crippen molar-refractivity contribution >= 4 is 5.82 Å². The summed E-state index contributed by atoms with van der Waals surface area (Å²) < 4.78 is 16.4. The highest BCUT2D eigenvalue weighted by atomic mass is 16.5. The Morgan fingerprint density at radius 3 is 2.25 bits per heavy atom. The Kier molecular flexibility index (Phi) is 4.24. The van der Waals surface area contributed by atoms with E-state index in [0.29, 0.717) is 28.9 Å². The van der Waals surface area contributed by atoms with Crippen molar-refractivity contribution in [3.05, 3.63) is 30.1 Å². The SMILES string of the molecule is CNc1ncnc(Oc2c(OC)cccc2OC)c1C. The molecule has 0 unspecified atom stereocenters. The number of anilines is 1. The van der Waals surface area contributed by atoms with Gasteiger partial charge in [-0.1, -0.05) is 6.07 Å². The lowest BCUT2D eigenvalue weighted by molar-refractivity contribution is 0.341. The fourth-order valence-corrected chi connectivity index (χ4v) is 1.80. The molecular weight excluding hydrogens is 258 g/mol. The van der Waals surface area contributed by atoms with Crippen molar-refractivity contribution in [3.8, 4) is 23.1 Å². The van der Waals surface area contributed by atoms with E-state index in [-0.39, 0.29) is 0 Å². The number of methoxy groups -OCH3 is 2. The molecule has 1 aromatic carbocycles. The van der Waals surface area contributed by atoms with Crippen molar-refractivity contribution in [2.75, 3.05) is 26.6 Å². The second-order valence-corrected chi connectivity index (χ2v) is 4.00. The summed E-state index contributed by atoms with van der Waals surface area (Å²) in [7, 11) is 4.95. The maximum absolute atomic E-state index is 5.85. The topological polar surface area (TPSA) is 65.5 Å². The van der Waals surface area contributed by atoms with E-state index >= 15 is 0 Å². The zero-order valence-electron chi connectivity index (χ0n) is 11.9. The van der Waals surface area contributed by atoms with Gasteiger partial charge in [0.15, 0.2) is 11.5 Å². The average molecular weight is 275 g/mol. The minimum absolute atomic E-state index is 0.451. The van der Waals surface area contributed by atoms with Crippen LogP contribution in [0.5, 0.6) is 23.1 Å². The molecule has 0 aliphatic carbocycles. The van der Waals surface area contributed by atoms with Crippen LogP contribution < -0.4 is 19.5 Å². The number of ether oxygens (including phenoxy) is 3. The van der Waals surface area contributed by atoms with Crippen LogP contribution in [-0.2, 0) is 0 Å². The number of hydrogen-bond acceptors (Lipinski definition) is 6. The molecule has 6 nitrogen and oxygen atoms in total. The van der Waals surface area contributed by atoms with Gasteiger partial charge in [-0.3, -0.25) is 0 Å². The lowest BCUT2D eigenvalue weighted by atomic mass is 10.3. The largest absolute Gasteiger partial charge is 0.493 e. The van der Waals surface area contributed by atoms with E-state index in [2.05, 4.69) is 15.3 Å². The van der Waals surface area contributed by atoms with Crippen molar-refractivity contribution in [2.24, 2.45) is 0 Å². The van der Waals surface area contributed by atoms with Crippen LogP contribution in [-0.4, -0.2) is 31.2 Å². The monoisotopic (exact) mass is 275 g/mol. The maximum Gasteiger partial charge on any atom is 0.227 e. The summed E-state index contributed by atoms with van der Waals surface area (Å²) in [5.41, 5.74) is 0.808. The zero-order chi connectivity index (χ0) is 14.5. The molecular formula is C14H17N3O3. The molecule has 1 heterocycles. The van der Waals surface area contributed by atoms with Gasteiger partial charge in [-0.25, -0.2) is 9.97 Å². The number of nitrogens with zero attached hydrogens (tertiary/aromatic N) is 2. The summed E-state index contributed by atoms with van der Waals surface area (Å²) in [6, 6.07) is 5.43. The molecule has 0 aliphatic rings. The Balaban J connectivity index is 2.44. The summed E-state index contributed by atoms with van der Waals surface area (Å²) in [5, 5.41) is 2.99. The standard InChI is InChI=1S/C14H17N3O3/c1-9-13(15-2)16-8-17-14(9)20-12-10(18-3)6-5-7-11(12)19-4/h5-8H,1-4H3,(H,15,16,17). The molecule has 0 aliphatic heterocycles. The Labute approximate surface area is 117 Å². The van der Waals surface area contributed by atoms with E-state index in [1.54, 1.807) is 33.4 Å². The van der Waals surface area contributed by atoms with E-state index in [4.69, 9.17) is 14.2 Å². The van der Waals surface area contributed by atoms with Gasteiger partial charge in [0.1, 0.15) is 12.1 Å². The molecule has 0 radical (unpaired) electrons. The van der Waals surface area contributed by atoms with Gasteiger partial charge in [0.2, 0.25) is 11.6 Å². The van der Waals surface area contributed by atoms with Gasteiger partial charge in [0.05, 0.1) is 19.8 Å². The van der Waals surface area contributed by atoms with Crippen molar-refractivity contribution in [1.82, 2.24) is 9.97 Å². The molecule has 0 saturated carbocycles. The average Bonchev–Trinajstić information content (AvgIpc) is 2.49. The molecule has 0 amide bonds. The molecule has 106 valence electrons. The normalized spacial score (nSPS) is 10.0. The number of rotatable bonds is 5. The molecule has 1 N–H and O–H groups in total. The number of hydrogen-bond donors (Lipinski definition) is 1. The predicted molar refractivity (Wildman–Crippen MR) is 75.9 cm³/mol. The van der Waals surface area contributed by atoms with Crippen LogP contribution in [0.2, 0.25) is 0 Å². The highest BCUT2D eigenvalue weighted by Gasteiger charge is 2.15. The molecule has 1 aromatic heterocycles. The fourth-order valence-electron chi connectivity index (χ4n) is 1.80. The van der Waals surface area contributed by atoms with Gasteiger partial charge in [-0.05, 0) is 19.1 Å². The Hall–Kier alpha value is -2.50. The lowest BCUT2D eigenvalue weighted by Crippen LogP contribution is -2.01. The van der Waals surface area contributed by atoms with Crippen LogP contribution in [0.25, 0.3) is 0 Å². The first-order valence-corrected chi connectivity index (χ1v) is 6.09. The lowest BCUT2D eigenvalue weighted by Gasteiger charge is -2.15. The van der Waals surface area contributed by atoms with Crippen molar-refractivity contribution in [1.29, 1.82) is 0 Å². The summed E-state index contributed by atoms with van der Waals surface area (Å²) in [4.78, 5) is 8.27. The molecule has 6 heteroatoms. The summed E-state index contributed by atoms with van der Waals surface area (Å²) in [6.45, 7) is 1.88. The number of aromatic nitrogens is 2. The first-order chi connectivity index (χ1) is 9.71. The number of nitrogens with one attached hydrogen (secondary N) is 1. The highest BCUT2D eigenvalue weighted by molar-refractivity contribution is 5.55. The quantitative estimate of drug-likeness (QED) is 0.905. The van der Waals surface area contributed by atoms with Gasteiger partial charge < -0.3 is 19.5 Å². The van der Waals surface area contributed by atoms with Crippen molar-refractivity contribution < 1.29 is 14.2 Å². The number of benzene rings is 1. The molecule has 2 aromatic rings. The predicted octanol–water partition coefficient (Wildman–Crippen LogP) is 2.64. The van der Waals surface area contributed by atoms with Crippen molar-refractivity contribution in [3.63, 3.8) is 0 Å². The maximum atomic E-state index is 5.85. The first kappa shape index (κ1) is 13.9. The fraction of sp³-hybridized carbons (Fsp3) is 0.286. The van der Waals surface area contributed by atoms with Crippen LogP contribution >= 0.6 is 0 Å². The number of para-hydroxylation sites is 1. The van der Waals surface area contributed by atoms with E-state index in [1.165, 1.54) is 6.33 Å². The zero-order valence-corrected chi connectivity index (χ0v) is 11.9. The third-order valence-corrected chi connectivity index (χ3v) is 2.86.